The van der Waals surface area contributed by atoms with Gasteiger partial charge in [-0.3, -0.25) is 4.79 Å². The molecule has 0 aliphatic heterocycles. The summed E-state index contributed by atoms with van der Waals surface area (Å²) in [6, 6.07) is 5.04. The molecule has 8 nitrogen and oxygen atoms in total. The van der Waals surface area contributed by atoms with Gasteiger partial charge in [-0.1, -0.05) is 13.0 Å². The summed E-state index contributed by atoms with van der Waals surface area (Å²) in [6.45, 7) is 3.96. The first-order chi connectivity index (χ1) is 13.0. The summed E-state index contributed by atoms with van der Waals surface area (Å²) in [6.07, 6.45) is 1.51. The molecular weight excluding hydrogens is 350 g/mol. The number of hydrogen-bond acceptors (Lipinski definition) is 6. The zero-order valence-electron chi connectivity index (χ0n) is 16.3. The number of nitrogens with zero attached hydrogens (tertiary/aromatic N) is 2. The number of methoxy groups -OCH3 is 2. The lowest BCUT2D eigenvalue weighted by Gasteiger charge is -2.13. The van der Waals surface area contributed by atoms with E-state index in [9.17, 15) is 9.59 Å². The second kappa shape index (κ2) is 9.07. The minimum atomic E-state index is -0.544. The highest BCUT2D eigenvalue weighted by Crippen LogP contribution is 2.29. The molecule has 1 N–H and O–H groups in total. The average Bonchev–Trinajstić information content (AvgIpc) is 2.96. The van der Waals surface area contributed by atoms with Crippen LogP contribution in [0, 0.1) is 0 Å². The standard InChI is InChI=1S/C19H25N3O5/c1-6-9-14-20-17(16(22(14)3)19(24)27-7-2)21-18(23)15-12(25-4)10-8-11-13(15)26-5/h8,10-11H,6-7,9H2,1-5H3,(H,21,23). The summed E-state index contributed by atoms with van der Waals surface area (Å²) in [7, 11) is 4.66. The predicted octanol–water partition coefficient (Wildman–Crippen LogP) is 2.82. The van der Waals surface area contributed by atoms with Crippen LogP contribution in [0.2, 0.25) is 0 Å². The van der Waals surface area contributed by atoms with Crippen LogP contribution >= 0.6 is 0 Å². The number of imidazole rings is 1. The number of ether oxygens (including phenoxy) is 3. The number of nitrogens with one attached hydrogen (secondary N) is 1. The summed E-state index contributed by atoms with van der Waals surface area (Å²) in [5, 5.41) is 2.70. The third-order valence-electron chi connectivity index (χ3n) is 4.02. The third-order valence-corrected chi connectivity index (χ3v) is 4.02. The number of aryl methyl sites for hydroxylation is 1. The normalized spacial score (nSPS) is 10.4. The molecule has 2 rings (SSSR count). The number of amides is 1. The first-order valence-corrected chi connectivity index (χ1v) is 8.73. The van der Waals surface area contributed by atoms with Crippen molar-refractivity contribution in [2.24, 2.45) is 7.05 Å². The maximum Gasteiger partial charge on any atom is 0.358 e. The monoisotopic (exact) mass is 375 g/mol. The fraction of sp³-hybridized carbons (Fsp3) is 0.421. The number of carbonyl (C=O) groups is 2. The first-order valence-electron chi connectivity index (χ1n) is 8.73. The highest BCUT2D eigenvalue weighted by molar-refractivity contribution is 6.10. The number of aromatic nitrogens is 2. The maximum absolute atomic E-state index is 12.9. The Morgan fingerprint density at radius 2 is 1.78 bits per heavy atom. The Hall–Kier alpha value is -3.03. The molecule has 0 aliphatic rings. The largest absolute Gasteiger partial charge is 0.496 e. The fourth-order valence-electron chi connectivity index (χ4n) is 2.76. The Labute approximate surface area is 158 Å². The topological polar surface area (TPSA) is 91.7 Å². The van der Waals surface area contributed by atoms with E-state index in [4.69, 9.17) is 14.2 Å². The number of hydrogen-bond donors (Lipinski definition) is 1. The van der Waals surface area contributed by atoms with Crippen LogP contribution in [0.5, 0.6) is 11.5 Å². The van der Waals surface area contributed by atoms with Crippen molar-refractivity contribution in [2.45, 2.75) is 26.7 Å². The van der Waals surface area contributed by atoms with E-state index in [0.29, 0.717) is 23.7 Å². The number of carbonyl (C=O) groups excluding carboxylic acids is 2. The quantitative estimate of drug-likeness (QED) is 0.714. The van der Waals surface area contributed by atoms with Gasteiger partial charge < -0.3 is 24.1 Å². The Bertz CT molecular complexity index is 807. The number of anilines is 1. The van der Waals surface area contributed by atoms with Crippen molar-refractivity contribution >= 4 is 17.7 Å². The molecule has 0 atom stereocenters. The van der Waals surface area contributed by atoms with Crippen LogP contribution in [-0.4, -0.2) is 42.3 Å². The van der Waals surface area contributed by atoms with Gasteiger partial charge in [0.05, 0.1) is 20.8 Å². The Morgan fingerprint density at radius 3 is 2.30 bits per heavy atom. The third kappa shape index (κ3) is 4.21. The van der Waals surface area contributed by atoms with Gasteiger partial charge in [-0.2, -0.15) is 0 Å². The van der Waals surface area contributed by atoms with Crippen LogP contribution in [-0.2, 0) is 18.2 Å². The highest BCUT2D eigenvalue weighted by Gasteiger charge is 2.26. The van der Waals surface area contributed by atoms with Gasteiger partial charge >= 0.3 is 5.97 Å². The molecule has 0 unspecified atom stereocenters. The minimum absolute atomic E-state index is 0.150. The smallest absolute Gasteiger partial charge is 0.358 e. The summed E-state index contributed by atoms with van der Waals surface area (Å²) >= 11 is 0. The lowest BCUT2D eigenvalue weighted by molar-refractivity contribution is 0.0516. The molecule has 0 bridgehead atoms. The van der Waals surface area contributed by atoms with E-state index in [2.05, 4.69) is 10.3 Å². The van der Waals surface area contributed by atoms with E-state index < -0.39 is 11.9 Å². The van der Waals surface area contributed by atoms with Crippen molar-refractivity contribution in [3.05, 3.63) is 35.3 Å². The van der Waals surface area contributed by atoms with E-state index in [1.807, 2.05) is 6.92 Å². The van der Waals surface area contributed by atoms with Gasteiger partial charge in [0.25, 0.3) is 5.91 Å². The van der Waals surface area contributed by atoms with E-state index >= 15 is 0 Å². The molecule has 146 valence electrons. The van der Waals surface area contributed by atoms with Crippen LogP contribution in [0.1, 0.15) is 46.9 Å². The van der Waals surface area contributed by atoms with Gasteiger partial charge in [0, 0.05) is 13.5 Å². The van der Waals surface area contributed by atoms with Gasteiger partial charge in [0.2, 0.25) is 0 Å². The van der Waals surface area contributed by atoms with Crippen molar-refractivity contribution in [1.29, 1.82) is 0 Å². The number of benzene rings is 1. The van der Waals surface area contributed by atoms with Crippen molar-refractivity contribution in [3.63, 3.8) is 0 Å². The molecule has 0 saturated heterocycles. The molecule has 0 fully saturated rings. The molecule has 0 spiro atoms. The first kappa shape index (κ1) is 20.3. The van der Waals surface area contributed by atoms with E-state index in [1.165, 1.54) is 14.2 Å². The van der Waals surface area contributed by atoms with Crippen molar-refractivity contribution < 1.29 is 23.8 Å². The van der Waals surface area contributed by atoms with Crippen molar-refractivity contribution in [3.8, 4) is 11.5 Å². The molecule has 0 radical (unpaired) electrons. The molecular formula is C19H25N3O5. The molecule has 1 aromatic heterocycles. The summed E-state index contributed by atoms with van der Waals surface area (Å²) in [5.41, 5.74) is 0.419. The van der Waals surface area contributed by atoms with Crippen LogP contribution in [0.4, 0.5) is 5.82 Å². The molecule has 1 aromatic carbocycles. The fourth-order valence-corrected chi connectivity index (χ4v) is 2.76. The second-order valence-corrected chi connectivity index (χ2v) is 5.75. The molecule has 1 amide bonds. The van der Waals surface area contributed by atoms with E-state index in [-0.39, 0.29) is 23.7 Å². The highest BCUT2D eigenvalue weighted by atomic mass is 16.5. The SMILES string of the molecule is CCCc1nc(NC(=O)c2c(OC)cccc2OC)c(C(=O)OCC)n1C. The molecule has 0 saturated carbocycles. The molecule has 8 heteroatoms. The summed E-state index contributed by atoms with van der Waals surface area (Å²) in [4.78, 5) is 29.7. The zero-order valence-corrected chi connectivity index (χ0v) is 16.3. The predicted molar refractivity (Wildman–Crippen MR) is 101 cm³/mol. The van der Waals surface area contributed by atoms with E-state index in [0.717, 1.165) is 6.42 Å². The number of rotatable bonds is 8. The van der Waals surface area contributed by atoms with Crippen LogP contribution in [0.3, 0.4) is 0 Å². The molecule has 0 aliphatic carbocycles. The van der Waals surface area contributed by atoms with E-state index in [1.54, 1.807) is 36.7 Å². The van der Waals surface area contributed by atoms with Gasteiger partial charge in [-0.25, -0.2) is 9.78 Å². The minimum Gasteiger partial charge on any atom is -0.496 e. The average molecular weight is 375 g/mol. The lowest BCUT2D eigenvalue weighted by Crippen LogP contribution is -2.18. The molecule has 27 heavy (non-hydrogen) atoms. The summed E-state index contributed by atoms with van der Waals surface area (Å²) < 4.78 is 17.3. The van der Waals surface area contributed by atoms with Gasteiger partial charge in [0.15, 0.2) is 11.5 Å². The lowest BCUT2D eigenvalue weighted by atomic mass is 10.1. The van der Waals surface area contributed by atoms with Crippen molar-refractivity contribution in [2.75, 3.05) is 26.1 Å². The van der Waals surface area contributed by atoms with Crippen LogP contribution in [0.15, 0.2) is 18.2 Å². The number of esters is 1. The van der Waals surface area contributed by atoms with Gasteiger partial charge in [0.1, 0.15) is 22.9 Å². The Kier molecular flexibility index (Phi) is 6.81. The Morgan fingerprint density at radius 1 is 1.15 bits per heavy atom. The Balaban J connectivity index is 2.46. The molecule has 1 heterocycles. The maximum atomic E-state index is 12.9. The van der Waals surface area contributed by atoms with Crippen LogP contribution < -0.4 is 14.8 Å². The van der Waals surface area contributed by atoms with Gasteiger partial charge in [-0.15, -0.1) is 0 Å². The molecule has 2 aromatic rings. The zero-order chi connectivity index (χ0) is 20.0. The summed E-state index contributed by atoms with van der Waals surface area (Å²) in [5.74, 6) is 0.511. The van der Waals surface area contributed by atoms with Crippen molar-refractivity contribution in [1.82, 2.24) is 9.55 Å². The second-order valence-electron chi connectivity index (χ2n) is 5.75. The van der Waals surface area contributed by atoms with Crippen LogP contribution in [0.25, 0.3) is 0 Å². The van der Waals surface area contributed by atoms with Gasteiger partial charge in [-0.05, 0) is 25.5 Å².